The van der Waals surface area contributed by atoms with E-state index in [2.05, 4.69) is 22.4 Å². The molecule has 1 N–H and O–H groups in total. The van der Waals surface area contributed by atoms with Gasteiger partial charge in [0, 0.05) is 6.42 Å². The second-order valence-electron chi connectivity index (χ2n) is 4.25. The number of para-hydroxylation sites is 1. The van der Waals surface area contributed by atoms with Crippen LogP contribution in [0, 0.1) is 0 Å². The van der Waals surface area contributed by atoms with Crippen molar-refractivity contribution >= 4 is 22.4 Å². The smallest absolute Gasteiger partial charge is 0.261 e. The molecule has 0 saturated heterocycles. The fourth-order valence-corrected chi connectivity index (χ4v) is 2.69. The summed E-state index contributed by atoms with van der Waals surface area (Å²) < 4.78 is 10.4. The molecule has 21 heavy (non-hydrogen) atoms. The molecule has 0 aliphatic heterocycles. The molecule has 0 unspecified atom stereocenters. The van der Waals surface area contributed by atoms with Crippen LogP contribution in [0.4, 0.5) is 5.13 Å². The normalized spacial score (nSPS) is 10.2. The molecule has 0 radical (unpaired) electrons. The summed E-state index contributed by atoms with van der Waals surface area (Å²) >= 11 is 1.38. The molecule has 1 aromatic heterocycles. The molecular weight excluding hydrogens is 290 g/mol. The minimum absolute atomic E-state index is 0.301. The van der Waals surface area contributed by atoms with Crippen LogP contribution in [0.1, 0.15) is 28.7 Å². The molecule has 1 heterocycles. The van der Waals surface area contributed by atoms with E-state index in [4.69, 9.17) is 9.47 Å². The van der Waals surface area contributed by atoms with Gasteiger partial charge in [-0.2, -0.15) is 0 Å². The van der Waals surface area contributed by atoms with Gasteiger partial charge in [-0.05, 0) is 18.6 Å². The molecule has 1 amide bonds. The lowest BCUT2D eigenvalue weighted by molar-refractivity contribution is 0.102. The van der Waals surface area contributed by atoms with Gasteiger partial charge in [-0.1, -0.05) is 24.3 Å². The second kappa shape index (κ2) is 7.03. The monoisotopic (exact) mass is 307 g/mol. The average Bonchev–Trinajstić information content (AvgIpc) is 2.93. The summed E-state index contributed by atoms with van der Waals surface area (Å²) in [4.78, 5) is 12.3. The van der Waals surface area contributed by atoms with Crippen molar-refractivity contribution in [3.63, 3.8) is 0 Å². The van der Waals surface area contributed by atoms with Crippen molar-refractivity contribution in [1.82, 2.24) is 10.2 Å². The Morgan fingerprint density at radius 3 is 2.76 bits per heavy atom. The molecule has 7 heteroatoms. The summed E-state index contributed by atoms with van der Waals surface area (Å²) in [6.45, 7) is 2.07. The van der Waals surface area contributed by atoms with Crippen molar-refractivity contribution in [3.05, 3.63) is 28.8 Å². The van der Waals surface area contributed by atoms with Gasteiger partial charge >= 0.3 is 0 Å². The number of anilines is 1. The Labute approximate surface area is 127 Å². The number of rotatable bonds is 6. The van der Waals surface area contributed by atoms with E-state index in [9.17, 15) is 4.79 Å². The predicted octanol–water partition coefficient (Wildman–Crippen LogP) is 2.76. The van der Waals surface area contributed by atoms with Crippen molar-refractivity contribution < 1.29 is 14.3 Å². The molecule has 0 aliphatic carbocycles. The third kappa shape index (κ3) is 3.49. The molecule has 2 rings (SSSR count). The summed E-state index contributed by atoms with van der Waals surface area (Å²) in [5.74, 6) is 0.606. The topological polar surface area (TPSA) is 73.3 Å². The summed E-state index contributed by atoms with van der Waals surface area (Å²) in [6.07, 6.45) is 1.85. The van der Waals surface area contributed by atoms with Crippen LogP contribution in [0.15, 0.2) is 18.2 Å². The van der Waals surface area contributed by atoms with Crippen LogP contribution in [-0.2, 0) is 6.42 Å². The van der Waals surface area contributed by atoms with Crippen LogP contribution in [0.3, 0.4) is 0 Å². The molecule has 0 atom stereocenters. The van der Waals surface area contributed by atoms with Crippen LogP contribution >= 0.6 is 11.3 Å². The van der Waals surface area contributed by atoms with E-state index in [-0.39, 0.29) is 5.91 Å². The first kappa shape index (κ1) is 15.2. The predicted molar refractivity (Wildman–Crippen MR) is 81.4 cm³/mol. The first-order valence-corrected chi connectivity index (χ1v) is 7.36. The zero-order valence-corrected chi connectivity index (χ0v) is 13.0. The Morgan fingerprint density at radius 2 is 2.10 bits per heavy atom. The van der Waals surface area contributed by atoms with Crippen molar-refractivity contribution in [1.29, 1.82) is 0 Å². The highest BCUT2D eigenvalue weighted by Gasteiger charge is 2.17. The van der Waals surface area contributed by atoms with Crippen LogP contribution < -0.4 is 14.8 Å². The Bertz CT molecular complexity index is 628. The molecule has 0 saturated carbocycles. The van der Waals surface area contributed by atoms with Crippen molar-refractivity contribution in [2.24, 2.45) is 0 Å². The standard InChI is InChI=1S/C14H17N3O3S/c1-4-6-11-16-17-14(21-11)15-13(18)9-7-5-8-10(19-2)12(9)20-3/h5,7-8H,4,6H2,1-3H3,(H,15,17,18). The van der Waals surface area contributed by atoms with Crippen molar-refractivity contribution in [2.75, 3.05) is 19.5 Å². The molecule has 0 spiro atoms. The summed E-state index contributed by atoms with van der Waals surface area (Å²) in [7, 11) is 3.03. The van der Waals surface area contributed by atoms with E-state index in [1.165, 1.54) is 25.6 Å². The molecule has 6 nitrogen and oxygen atoms in total. The van der Waals surface area contributed by atoms with Gasteiger partial charge in [-0.3, -0.25) is 10.1 Å². The van der Waals surface area contributed by atoms with E-state index in [1.807, 2.05) is 0 Å². The van der Waals surface area contributed by atoms with Crippen LogP contribution in [-0.4, -0.2) is 30.3 Å². The Kier molecular flexibility index (Phi) is 5.10. The van der Waals surface area contributed by atoms with Gasteiger partial charge in [0.2, 0.25) is 5.13 Å². The van der Waals surface area contributed by atoms with Gasteiger partial charge in [-0.15, -0.1) is 10.2 Å². The van der Waals surface area contributed by atoms with Crippen molar-refractivity contribution in [3.8, 4) is 11.5 Å². The van der Waals surface area contributed by atoms with Gasteiger partial charge in [0.25, 0.3) is 5.91 Å². The van der Waals surface area contributed by atoms with Crippen LogP contribution in [0.25, 0.3) is 0 Å². The van der Waals surface area contributed by atoms with E-state index in [1.54, 1.807) is 18.2 Å². The molecular formula is C14H17N3O3S. The molecule has 0 fully saturated rings. The number of aryl methyl sites for hydroxylation is 1. The lowest BCUT2D eigenvalue weighted by Crippen LogP contribution is -2.13. The van der Waals surface area contributed by atoms with E-state index in [0.717, 1.165) is 17.8 Å². The summed E-state index contributed by atoms with van der Waals surface area (Å²) in [5, 5.41) is 12.1. The maximum absolute atomic E-state index is 12.3. The van der Waals surface area contributed by atoms with Gasteiger partial charge in [0.05, 0.1) is 19.8 Å². The summed E-state index contributed by atoms with van der Waals surface area (Å²) in [5.41, 5.74) is 0.393. The highest BCUT2D eigenvalue weighted by Crippen LogP contribution is 2.31. The van der Waals surface area contributed by atoms with Gasteiger partial charge in [-0.25, -0.2) is 0 Å². The fourth-order valence-electron chi connectivity index (χ4n) is 1.85. The number of carbonyl (C=O) groups is 1. The Hall–Kier alpha value is -2.15. The second-order valence-corrected chi connectivity index (χ2v) is 5.31. The number of hydrogen-bond donors (Lipinski definition) is 1. The third-order valence-corrected chi connectivity index (χ3v) is 3.70. The molecule has 1 aromatic carbocycles. The molecule has 0 bridgehead atoms. The maximum Gasteiger partial charge on any atom is 0.261 e. The molecule has 112 valence electrons. The largest absolute Gasteiger partial charge is 0.493 e. The zero-order valence-electron chi connectivity index (χ0n) is 12.2. The number of amides is 1. The number of carbonyl (C=O) groups excluding carboxylic acids is 1. The number of hydrogen-bond acceptors (Lipinski definition) is 6. The quantitative estimate of drug-likeness (QED) is 0.888. The Morgan fingerprint density at radius 1 is 1.29 bits per heavy atom. The maximum atomic E-state index is 12.3. The minimum Gasteiger partial charge on any atom is -0.493 e. The van der Waals surface area contributed by atoms with Gasteiger partial charge in [0.1, 0.15) is 5.01 Å². The Balaban J connectivity index is 2.19. The van der Waals surface area contributed by atoms with Gasteiger partial charge < -0.3 is 9.47 Å². The lowest BCUT2D eigenvalue weighted by atomic mass is 10.1. The molecule has 2 aromatic rings. The number of methoxy groups -OCH3 is 2. The number of nitrogens with one attached hydrogen (secondary N) is 1. The first-order chi connectivity index (χ1) is 10.2. The minimum atomic E-state index is -0.301. The van der Waals surface area contributed by atoms with E-state index < -0.39 is 0 Å². The number of benzene rings is 1. The number of aromatic nitrogens is 2. The van der Waals surface area contributed by atoms with E-state index >= 15 is 0 Å². The first-order valence-electron chi connectivity index (χ1n) is 6.54. The van der Waals surface area contributed by atoms with Crippen LogP contribution in [0.2, 0.25) is 0 Å². The highest BCUT2D eigenvalue weighted by atomic mass is 32.1. The highest BCUT2D eigenvalue weighted by molar-refractivity contribution is 7.15. The summed E-state index contributed by atoms with van der Waals surface area (Å²) in [6, 6.07) is 5.14. The molecule has 0 aliphatic rings. The average molecular weight is 307 g/mol. The SMILES string of the molecule is CCCc1nnc(NC(=O)c2cccc(OC)c2OC)s1. The van der Waals surface area contributed by atoms with Crippen molar-refractivity contribution in [2.45, 2.75) is 19.8 Å². The number of nitrogens with zero attached hydrogens (tertiary/aromatic N) is 2. The number of ether oxygens (including phenoxy) is 2. The zero-order chi connectivity index (χ0) is 15.2. The van der Waals surface area contributed by atoms with Gasteiger partial charge in [0.15, 0.2) is 11.5 Å². The fraction of sp³-hybridized carbons (Fsp3) is 0.357. The van der Waals surface area contributed by atoms with Crippen LogP contribution in [0.5, 0.6) is 11.5 Å². The third-order valence-electron chi connectivity index (χ3n) is 2.80. The van der Waals surface area contributed by atoms with E-state index in [0.29, 0.717) is 22.2 Å². The lowest BCUT2D eigenvalue weighted by Gasteiger charge is -2.11.